The Morgan fingerprint density at radius 2 is 2.00 bits per heavy atom. The van der Waals surface area contributed by atoms with Crippen LogP contribution in [0.4, 0.5) is 13.2 Å². The van der Waals surface area contributed by atoms with Crippen LogP contribution < -0.4 is 0 Å². The van der Waals surface area contributed by atoms with Crippen LogP contribution in [0.5, 0.6) is 0 Å². The molecule has 0 N–H and O–H groups in total. The molecule has 0 aromatic heterocycles. The topological polar surface area (TPSA) is 27.0 Å². The number of halogens is 3. The summed E-state index contributed by atoms with van der Waals surface area (Å²) in [5.41, 5.74) is -0.564. The van der Waals surface area contributed by atoms with Crippen molar-refractivity contribution in [3.8, 4) is 6.07 Å². The molecule has 0 atom stereocenters. The van der Waals surface area contributed by atoms with E-state index in [9.17, 15) is 13.2 Å². The van der Waals surface area contributed by atoms with Gasteiger partial charge in [0.05, 0.1) is 18.0 Å². The number of nitriles is 1. The Hall–Kier alpha value is -0.760. The molecule has 0 amide bonds. The van der Waals surface area contributed by atoms with Gasteiger partial charge < -0.3 is 0 Å². The molecule has 0 aliphatic carbocycles. The molecule has 12 heavy (non-hydrogen) atoms. The van der Waals surface area contributed by atoms with Crippen molar-refractivity contribution in [3.63, 3.8) is 0 Å². The van der Waals surface area contributed by atoms with Gasteiger partial charge in [-0.1, -0.05) is 0 Å². The second-order valence-electron chi connectivity index (χ2n) is 3.43. The summed E-state index contributed by atoms with van der Waals surface area (Å²) in [6.45, 7) is 1.22. The van der Waals surface area contributed by atoms with Crippen LogP contribution in [0.3, 0.4) is 0 Å². The molecule has 1 heterocycles. The van der Waals surface area contributed by atoms with Crippen molar-refractivity contribution in [1.82, 2.24) is 4.90 Å². The zero-order chi connectivity index (χ0) is 9.41. The van der Waals surface area contributed by atoms with Gasteiger partial charge >= 0.3 is 6.18 Å². The molecule has 1 aliphatic rings. The largest absolute Gasteiger partial charge is 0.401 e. The number of hydrogen-bond donors (Lipinski definition) is 0. The Balaban J connectivity index is 2.32. The summed E-state index contributed by atoms with van der Waals surface area (Å²) in [5.74, 6) is 0. The fourth-order valence-corrected chi connectivity index (χ4v) is 1.38. The predicted octanol–water partition coefficient (Wildman–Crippen LogP) is 1.39. The summed E-state index contributed by atoms with van der Waals surface area (Å²) in [6.07, 6.45) is -4.14. The van der Waals surface area contributed by atoms with Crippen LogP contribution in [0, 0.1) is 16.7 Å². The zero-order valence-corrected chi connectivity index (χ0v) is 6.65. The molecule has 1 aliphatic heterocycles. The summed E-state index contributed by atoms with van der Waals surface area (Å²) in [4.78, 5) is 1.23. The summed E-state index contributed by atoms with van der Waals surface area (Å²) >= 11 is 0. The number of alkyl halides is 3. The first-order chi connectivity index (χ1) is 5.35. The van der Waals surface area contributed by atoms with Gasteiger partial charge in [-0.2, -0.15) is 18.4 Å². The lowest BCUT2D eigenvalue weighted by molar-refractivity contribution is -0.162. The molecule has 5 heteroatoms. The van der Waals surface area contributed by atoms with Crippen LogP contribution in [0.15, 0.2) is 0 Å². The highest BCUT2D eigenvalue weighted by atomic mass is 19.4. The van der Waals surface area contributed by atoms with E-state index >= 15 is 0 Å². The van der Waals surface area contributed by atoms with Gasteiger partial charge in [-0.3, -0.25) is 4.90 Å². The molecule has 1 rings (SSSR count). The highest BCUT2D eigenvalue weighted by Crippen LogP contribution is 2.31. The molecule has 0 radical (unpaired) electrons. The lowest BCUT2D eigenvalue weighted by atomic mass is 9.84. The van der Waals surface area contributed by atoms with Crippen molar-refractivity contribution in [3.05, 3.63) is 0 Å². The maximum atomic E-state index is 11.8. The van der Waals surface area contributed by atoms with E-state index in [0.29, 0.717) is 0 Å². The molecule has 0 spiro atoms. The molecule has 2 nitrogen and oxygen atoms in total. The third-order valence-electron chi connectivity index (χ3n) is 1.82. The van der Waals surface area contributed by atoms with Crippen molar-refractivity contribution < 1.29 is 13.2 Å². The number of hydrogen-bond acceptors (Lipinski definition) is 2. The lowest BCUT2D eigenvalue weighted by Gasteiger charge is -2.43. The van der Waals surface area contributed by atoms with Crippen molar-refractivity contribution in [2.24, 2.45) is 5.41 Å². The number of rotatable bonds is 1. The molecule has 68 valence electrons. The van der Waals surface area contributed by atoms with Crippen LogP contribution in [0.2, 0.25) is 0 Å². The summed E-state index contributed by atoms with van der Waals surface area (Å²) in [7, 11) is 0. The maximum absolute atomic E-state index is 11.8. The molecule has 0 aromatic rings. The summed E-state index contributed by atoms with van der Waals surface area (Å²) in [5, 5.41) is 8.50. The Morgan fingerprint density at radius 1 is 1.50 bits per heavy atom. The third kappa shape index (κ3) is 2.11. The van der Waals surface area contributed by atoms with Crippen molar-refractivity contribution >= 4 is 0 Å². The molecular weight excluding hydrogens is 169 g/mol. The molecule has 0 bridgehead atoms. The van der Waals surface area contributed by atoms with Gasteiger partial charge in [-0.15, -0.1) is 0 Å². The van der Waals surface area contributed by atoms with E-state index < -0.39 is 18.1 Å². The minimum Gasteiger partial charge on any atom is -0.292 e. The lowest BCUT2D eigenvalue weighted by Crippen LogP contribution is -2.56. The molecule has 1 saturated heterocycles. The van der Waals surface area contributed by atoms with E-state index in [2.05, 4.69) is 0 Å². The van der Waals surface area contributed by atoms with E-state index in [0.717, 1.165) is 0 Å². The van der Waals surface area contributed by atoms with Crippen LogP contribution in [0.25, 0.3) is 0 Å². The minimum atomic E-state index is -4.14. The molecule has 0 unspecified atom stereocenters. The van der Waals surface area contributed by atoms with Crippen LogP contribution in [0.1, 0.15) is 6.92 Å². The second-order valence-corrected chi connectivity index (χ2v) is 3.43. The van der Waals surface area contributed by atoms with Gasteiger partial charge in [0, 0.05) is 13.1 Å². The van der Waals surface area contributed by atoms with Gasteiger partial charge in [0.15, 0.2) is 0 Å². The maximum Gasteiger partial charge on any atom is 0.401 e. The normalized spacial score (nSPS) is 22.9. The number of nitrogens with zero attached hydrogens (tertiary/aromatic N) is 2. The molecule has 1 fully saturated rings. The standard InChI is InChI=1S/C7H9F3N2/c1-6(2-11)3-12(4-6)5-7(8,9)10/h3-5H2,1H3. The predicted molar refractivity (Wildman–Crippen MR) is 36.2 cm³/mol. The van der Waals surface area contributed by atoms with Gasteiger partial charge in [-0.05, 0) is 6.92 Å². The minimum absolute atomic E-state index is 0.225. The Labute approximate surface area is 68.6 Å². The quantitative estimate of drug-likeness (QED) is 0.606. The fourth-order valence-electron chi connectivity index (χ4n) is 1.38. The molecule has 0 aromatic carbocycles. The fraction of sp³-hybridized carbons (Fsp3) is 0.857. The Kier molecular flexibility index (Phi) is 2.04. The molecule has 0 saturated carbocycles. The van der Waals surface area contributed by atoms with Crippen molar-refractivity contribution in [2.75, 3.05) is 19.6 Å². The smallest absolute Gasteiger partial charge is 0.292 e. The van der Waals surface area contributed by atoms with E-state index in [1.54, 1.807) is 6.92 Å². The zero-order valence-electron chi connectivity index (χ0n) is 6.65. The summed E-state index contributed by atoms with van der Waals surface area (Å²) in [6, 6.07) is 1.98. The van der Waals surface area contributed by atoms with Crippen LogP contribution in [-0.4, -0.2) is 30.7 Å². The third-order valence-corrected chi connectivity index (χ3v) is 1.82. The first-order valence-electron chi connectivity index (χ1n) is 3.55. The highest BCUT2D eigenvalue weighted by molar-refractivity contribution is 5.06. The Bertz CT molecular complexity index is 210. The van der Waals surface area contributed by atoms with E-state index in [4.69, 9.17) is 5.26 Å². The van der Waals surface area contributed by atoms with E-state index in [1.165, 1.54) is 4.90 Å². The van der Waals surface area contributed by atoms with Gasteiger partial charge in [-0.25, -0.2) is 0 Å². The Morgan fingerprint density at radius 3 is 2.33 bits per heavy atom. The average molecular weight is 178 g/mol. The van der Waals surface area contributed by atoms with Crippen molar-refractivity contribution in [1.29, 1.82) is 5.26 Å². The monoisotopic (exact) mass is 178 g/mol. The van der Waals surface area contributed by atoms with Gasteiger partial charge in [0.25, 0.3) is 0 Å². The average Bonchev–Trinajstić information content (AvgIpc) is 1.81. The first kappa shape index (κ1) is 9.33. The SMILES string of the molecule is CC1(C#N)CN(CC(F)(F)F)C1. The highest BCUT2D eigenvalue weighted by Gasteiger charge is 2.43. The molecular formula is C7H9F3N2. The summed E-state index contributed by atoms with van der Waals surface area (Å²) < 4.78 is 35.3. The van der Waals surface area contributed by atoms with Crippen molar-refractivity contribution in [2.45, 2.75) is 13.1 Å². The van der Waals surface area contributed by atoms with Crippen LogP contribution in [-0.2, 0) is 0 Å². The van der Waals surface area contributed by atoms with E-state index in [1.807, 2.05) is 6.07 Å². The van der Waals surface area contributed by atoms with Gasteiger partial charge in [0.2, 0.25) is 0 Å². The number of likely N-dealkylation sites (tertiary alicyclic amines) is 1. The first-order valence-corrected chi connectivity index (χ1v) is 3.55. The van der Waals surface area contributed by atoms with Crippen LogP contribution >= 0.6 is 0 Å². The van der Waals surface area contributed by atoms with Gasteiger partial charge in [0.1, 0.15) is 0 Å². The van der Waals surface area contributed by atoms with E-state index in [-0.39, 0.29) is 13.1 Å². The second kappa shape index (κ2) is 2.63.